The molecule has 0 aliphatic heterocycles. The molecule has 0 aromatic carbocycles. The van der Waals surface area contributed by atoms with Crippen LogP contribution >= 0.6 is 0 Å². The van der Waals surface area contributed by atoms with Gasteiger partial charge in [0.25, 0.3) is 0 Å². The summed E-state index contributed by atoms with van der Waals surface area (Å²) in [6.07, 6.45) is 3.20. The lowest BCUT2D eigenvalue weighted by molar-refractivity contribution is 0.707. The Bertz CT molecular complexity index is 484. The van der Waals surface area contributed by atoms with Gasteiger partial charge in [-0.25, -0.2) is 19.9 Å². The van der Waals surface area contributed by atoms with Crippen LogP contribution in [0.1, 0.15) is 18.3 Å². The average molecular weight is 229 g/mol. The lowest BCUT2D eigenvalue weighted by Crippen LogP contribution is -2.13. The Balaban J connectivity index is 2.32. The van der Waals surface area contributed by atoms with Gasteiger partial charge in [0.1, 0.15) is 12.0 Å². The first-order valence-electron chi connectivity index (χ1n) is 5.61. The summed E-state index contributed by atoms with van der Waals surface area (Å²) >= 11 is 0. The summed E-state index contributed by atoms with van der Waals surface area (Å²) in [5.41, 5.74) is 2.68. The number of rotatable bonds is 4. The molecule has 88 valence electrons. The van der Waals surface area contributed by atoms with Crippen LogP contribution in [-0.2, 0) is 6.54 Å². The van der Waals surface area contributed by atoms with Gasteiger partial charge in [-0.15, -0.1) is 0 Å². The second-order valence-corrected chi connectivity index (χ2v) is 3.70. The minimum atomic E-state index is 0.653. The van der Waals surface area contributed by atoms with Crippen LogP contribution in [0.2, 0.25) is 0 Å². The molecule has 5 nitrogen and oxygen atoms in total. The third-order valence-electron chi connectivity index (χ3n) is 2.27. The van der Waals surface area contributed by atoms with E-state index >= 15 is 0 Å². The molecule has 0 radical (unpaired) electrons. The van der Waals surface area contributed by atoms with E-state index in [1.165, 1.54) is 6.33 Å². The van der Waals surface area contributed by atoms with E-state index in [0.29, 0.717) is 5.82 Å². The molecular weight excluding hydrogens is 214 g/mol. The summed E-state index contributed by atoms with van der Waals surface area (Å²) in [6.45, 7) is 5.70. The number of nitrogens with one attached hydrogen (secondary N) is 1. The fraction of sp³-hybridized carbons (Fsp3) is 0.333. The Morgan fingerprint density at radius 1 is 1.29 bits per heavy atom. The Morgan fingerprint density at radius 3 is 2.88 bits per heavy atom. The molecule has 0 aliphatic carbocycles. The minimum Gasteiger partial charge on any atom is -0.311 e. The summed E-state index contributed by atoms with van der Waals surface area (Å²) in [5, 5.41) is 3.25. The topological polar surface area (TPSA) is 63.6 Å². The third kappa shape index (κ3) is 3.04. The predicted octanol–water partition coefficient (Wildman–Crippen LogP) is 1.35. The van der Waals surface area contributed by atoms with E-state index in [-0.39, 0.29) is 0 Å². The zero-order valence-corrected chi connectivity index (χ0v) is 10.0. The van der Waals surface area contributed by atoms with E-state index in [4.69, 9.17) is 0 Å². The van der Waals surface area contributed by atoms with E-state index in [2.05, 4.69) is 32.2 Å². The molecule has 0 saturated heterocycles. The van der Waals surface area contributed by atoms with Gasteiger partial charge in [-0.05, 0) is 25.6 Å². The van der Waals surface area contributed by atoms with Crippen molar-refractivity contribution in [3.63, 3.8) is 0 Å². The van der Waals surface area contributed by atoms with Gasteiger partial charge < -0.3 is 5.32 Å². The van der Waals surface area contributed by atoms with Gasteiger partial charge in [-0.3, -0.25) is 0 Å². The van der Waals surface area contributed by atoms with Gasteiger partial charge in [0, 0.05) is 18.4 Å². The molecule has 17 heavy (non-hydrogen) atoms. The van der Waals surface area contributed by atoms with Crippen molar-refractivity contribution in [2.24, 2.45) is 0 Å². The van der Waals surface area contributed by atoms with Crippen LogP contribution in [0.3, 0.4) is 0 Å². The van der Waals surface area contributed by atoms with Crippen molar-refractivity contribution in [3.05, 3.63) is 36.0 Å². The highest BCUT2D eigenvalue weighted by molar-refractivity contribution is 5.48. The zero-order valence-electron chi connectivity index (χ0n) is 10.0. The van der Waals surface area contributed by atoms with Gasteiger partial charge in [-0.1, -0.05) is 6.92 Å². The molecule has 2 heterocycles. The van der Waals surface area contributed by atoms with Crippen molar-refractivity contribution in [2.45, 2.75) is 20.4 Å². The minimum absolute atomic E-state index is 0.653. The van der Waals surface area contributed by atoms with Crippen LogP contribution in [0, 0.1) is 6.92 Å². The van der Waals surface area contributed by atoms with E-state index in [1.807, 2.05) is 19.1 Å². The molecule has 0 aliphatic rings. The molecule has 2 aromatic heterocycles. The average Bonchev–Trinajstić information content (AvgIpc) is 2.37. The second-order valence-electron chi connectivity index (χ2n) is 3.70. The van der Waals surface area contributed by atoms with Crippen LogP contribution in [-0.4, -0.2) is 26.5 Å². The molecule has 0 amide bonds. The monoisotopic (exact) mass is 229 g/mol. The lowest BCUT2D eigenvalue weighted by atomic mass is 10.3. The number of aryl methyl sites for hydroxylation is 1. The third-order valence-corrected chi connectivity index (χ3v) is 2.27. The zero-order chi connectivity index (χ0) is 12.1. The molecule has 0 saturated carbocycles. The van der Waals surface area contributed by atoms with Gasteiger partial charge in [0.15, 0.2) is 5.82 Å². The molecular formula is C12H15N5. The summed E-state index contributed by atoms with van der Waals surface area (Å²) in [7, 11) is 0. The van der Waals surface area contributed by atoms with Crippen molar-refractivity contribution in [1.82, 2.24) is 25.3 Å². The summed E-state index contributed by atoms with van der Waals surface area (Å²) < 4.78 is 0. The molecule has 1 N–H and O–H groups in total. The van der Waals surface area contributed by atoms with Crippen molar-refractivity contribution >= 4 is 0 Å². The van der Waals surface area contributed by atoms with Crippen molar-refractivity contribution in [2.75, 3.05) is 6.54 Å². The van der Waals surface area contributed by atoms with E-state index < -0.39 is 0 Å². The Hall–Kier alpha value is -1.88. The van der Waals surface area contributed by atoms with E-state index in [0.717, 1.165) is 30.2 Å². The largest absolute Gasteiger partial charge is 0.311 e. The summed E-state index contributed by atoms with van der Waals surface area (Å²) in [6, 6.07) is 3.79. The van der Waals surface area contributed by atoms with Crippen LogP contribution in [0.4, 0.5) is 0 Å². The molecule has 2 rings (SSSR count). The first kappa shape index (κ1) is 11.6. The van der Waals surface area contributed by atoms with Gasteiger partial charge in [-0.2, -0.15) is 0 Å². The van der Waals surface area contributed by atoms with E-state index in [9.17, 15) is 0 Å². The van der Waals surface area contributed by atoms with Gasteiger partial charge in [0.05, 0.1) is 5.69 Å². The fourth-order valence-corrected chi connectivity index (χ4v) is 1.51. The lowest BCUT2D eigenvalue weighted by Gasteiger charge is -2.05. The summed E-state index contributed by atoms with van der Waals surface area (Å²) in [5.74, 6) is 0.653. The highest BCUT2D eigenvalue weighted by Crippen LogP contribution is 2.11. The van der Waals surface area contributed by atoms with Crippen molar-refractivity contribution < 1.29 is 0 Å². The quantitative estimate of drug-likeness (QED) is 0.857. The first-order valence-corrected chi connectivity index (χ1v) is 5.61. The standard InChI is InChI=1S/C12H15N5/c1-3-13-7-10-6-9(2)16-12(17-10)11-4-5-14-8-15-11/h4-6,8,13H,3,7H2,1-2H3. The van der Waals surface area contributed by atoms with Gasteiger partial charge >= 0.3 is 0 Å². The molecule has 0 spiro atoms. The fourth-order valence-electron chi connectivity index (χ4n) is 1.51. The normalized spacial score (nSPS) is 10.5. The maximum Gasteiger partial charge on any atom is 0.178 e. The molecule has 0 atom stereocenters. The first-order chi connectivity index (χ1) is 8.29. The molecule has 0 bridgehead atoms. The van der Waals surface area contributed by atoms with Crippen LogP contribution in [0.25, 0.3) is 11.5 Å². The van der Waals surface area contributed by atoms with Crippen LogP contribution in [0.15, 0.2) is 24.7 Å². The Morgan fingerprint density at radius 2 is 2.18 bits per heavy atom. The molecule has 0 fully saturated rings. The highest BCUT2D eigenvalue weighted by atomic mass is 15.0. The summed E-state index contributed by atoms with van der Waals surface area (Å²) in [4.78, 5) is 16.9. The number of hydrogen-bond donors (Lipinski definition) is 1. The maximum atomic E-state index is 4.48. The number of hydrogen-bond acceptors (Lipinski definition) is 5. The Labute approximate surface area is 100 Å². The smallest absolute Gasteiger partial charge is 0.178 e. The molecule has 0 unspecified atom stereocenters. The predicted molar refractivity (Wildman–Crippen MR) is 65.2 cm³/mol. The van der Waals surface area contributed by atoms with Gasteiger partial charge in [0.2, 0.25) is 0 Å². The molecule has 2 aromatic rings. The van der Waals surface area contributed by atoms with E-state index in [1.54, 1.807) is 6.20 Å². The SMILES string of the molecule is CCNCc1cc(C)nc(-c2ccncn2)n1. The highest BCUT2D eigenvalue weighted by Gasteiger charge is 2.05. The van der Waals surface area contributed by atoms with Crippen LogP contribution in [0.5, 0.6) is 0 Å². The van der Waals surface area contributed by atoms with Crippen molar-refractivity contribution in [1.29, 1.82) is 0 Å². The van der Waals surface area contributed by atoms with Crippen molar-refractivity contribution in [3.8, 4) is 11.5 Å². The van der Waals surface area contributed by atoms with Crippen LogP contribution < -0.4 is 5.32 Å². The maximum absolute atomic E-state index is 4.48. The Kier molecular flexibility index (Phi) is 3.72. The molecule has 5 heteroatoms. The number of nitrogens with zero attached hydrogens (tertiary/aromatic N) is 4. The second kappa shape index (κ2) is 5.45. The number of aromatic nitrogens is 4.